The summed E-state index contributed by atoms with van der Waals surface area (Å²) in [5.41, 5.74) is 15.8. The zero-order valence-corrected chi connectivity index (χ0v) is 34.5. The van der Waals surface area contributed by atoms with Crippen molar-refractivity contribution < 1.29 is 4.74 Å². The van der Waals surface area contributed by atoms with Crippen LogP contribution in [0.15, 0.2) is 218 Å². The first-order valence-corrected chi connectivity index (χ1v) is 21.8. The van der Waals surface area contributed by atoms with Gasteiger partial charge in [-0.25, -0.2) is 9.97 Å². The van der Waals surface area contributed by atoms with Crippen LogP contribution < -0.4 is 4.74 Å². The average Bonchev–Trinajstić information content (AvgIpc) is 3.90. The van der Waals surface area contributed by atoms with E-state index in [9.17, 15) is 0 Å². The molecule has 3 aromatic heterocycles. The summed E-state index contributed by atoms with van der Waals surface area (Å²) in [5, 5.41) is 4.73. The largest absolute Gasteiger partial charge is 0.456 e. The minimum Gasteiger partial charge on any atom is -0.456 e. The predicted molar refractivity (Wildman–Crippen MR) is 259 cm³/mol. The van der Waals surface area contributed by atoms with Crippen LogP contribution >= 0.6 is 0 Å². The third kappa shape index (κ3) is 4.72. The van der Waals surface area contributed by atoms with E-state index in [4.69, 9.17) is 14.7 Å². The van der Waals surface area contributed by atoms with Crippen molar-refractivity contribution in [3.8, 4) is 56.8 Å². The second-order valence-electron chi connectivity index (χ2n) is 16.8. The van der Waals surface area contributed by atoms with Crippen molar-refractivity contribution in [1.29, 1.82) is 0 Å². The van der Waals surface area contributed by atoms with Gasteiger partial charge in [0.2, 0.25) is 0 Å². The summed E-state index contributed by atoms with van der Waals surface area (Å²) < 4.78 is 12.1. The fraction of sp³-hybridized carbons (Fsp3) is 0.0169. The Morgan fingerprint density at radius 2 is 0.984 bits per heavy atom. The summed E-state index contributed by atoms with van der Waals surface area (Å²) in [5.74, 6) is 2.44. The molecule has 0 saturated carbocycles. The molecule has 14 rings (SSSR count). The number of nitrogens with zero attached hydrogens (tertiary/aromatic N) is 4. The molecule has 1 atom stereocenters. The molecule has 9 aromatic carbocycles. The summed E-state index contributed by atoms with van der Waals surface area (Å²) >= 11 is 0. The van der Waals surface area contributed by atoms with Crippen molar-refractivity contribution in [2.45, 2.75) is 5.41 Å². The van der Waals surface area contributed by atoms with Crippen molar-refractivity contribution in [2.24, 2.45) is 0 Å². The Kier molecular flexibility index (Phi) is 7.26. The van der Waals surface area contributed by atoms with Gasteiger partial charge in [0.1, 0.15) is 11.5 Å². The second kappa shape index (κ2) is 13.2. The molecule has 1 unspecified atom stereocenters. The minimum absolute atomic E-state index is 0.656. The van der Waals surface area contributed by atoms with Crippen LogP contribution in [0, 0.1) is 0 Å². The standard InChI is InChI=1S/C59H36N4O/c1-3-16-37(17-4-1)48-36-49(38-18-5-2-6-19-38)61-58(60-48)39-30-32-40(33-31-39)62-51-27-12-8-21-43(51)55-53(62)35-34-47-57(55)64-54-29-14-10-24-45(54)59(47)44-23-9-13-28-52(44)63-50-26-11-7-20-41(50)42-22-15-25-46(59)56(42)63/h1-36H. The molecule has 298 valence electrons. The van der Waals surface area contributed by atoms with Gasteiger partial charge < -0.3 is 13.9 Å². The average molecular weight is 817 g/mol. The Bertz CT molecular complexity index is 3810. The number of benzene rings is 9. The van der Waals surface area contributed by atoms with Gasteiger partial charge in [0.25, 0.3) is 0 Å². The third-order valence-corrected chi connectivity index (χ3v) is 13.6. The Balaban J connectivity index is 0.996. The predicted octanol–water partition coefficient (Wildman–Crippen LogP) is 14.5. The molecule has 0 aliphatic carbocycles. The first kappa shape index (κ1) is 35.1. The number of aromatic nitrogens is 4. The maximum Gasteiger partial charge on any atom is 0.160 e. The van der Waals surface area contributed by atoms with Crippen LogP contribution in [0.1, 0.15) is 22.3 Å². The molecule has 0 saturated heterocycles. The molecule has 12 aromatic rings. The molecule has 0 fully saturated rings. The Labute approximate surface area is 368 Å². The molecule has 2 aliphatic heterocycles. The van der Waals surface area contributed by atoms with Crippen molar-refractivity contribution in [3.05, 3.63) is 241 Å². The Morgan fingerprint density at radius 1 is 0.391 bits per heavy atom. The molecular formula is C59H36N4O. The van der Waals surface area contributed by atoms with Crippen molar-refractivity contribution in [1.82, 2.24) is 19.1 Å². The summed E-state index contributed by atoms with van der Waals surface area (Å²) in [7, 11) is 0. The van der Waals surface area contributed by atoms with E-state index in [2.05, 4.69) is 215 Å². The van der Waals surface area contributed by atoms with E-state index in [0.29, 0.717) is 5.82 Å². The zero-order valence-electron chi connectivity index (χ0n) is 34.5. The maximum absolute atomic E-state index is 7.27. The SMILES string of the molecule is c1ccc(-c2cc(-c3ccccc3)nc(-c3ccc(-n4c5ccccc5c5c6c(ccc54)C4(c5ccccc5O6)c5ccccc5-n5c6ccccc6c6cccc4c65)cc3)n2)cc1. The Morgan fingerprint density at radius 3 is 1.73 bits per heavy atom. The molecule has 5 heteroatoms. The van der Waals surface area contributed by atoms with E-state index in [1.165, 1.54) is 38.6 Å². The number of hydrogen-bond donors (Lipinski definition) is 0. The second-order valence-corrected chi connectivity index (χ2v) is 16.8. The van der Waals surface area contributed by atoms with E-state index < -0.39 is 5.41 Å². The molecule has 5 nitrogen and oxygen atoms in total. The van der Waals surface area contributed by atoms with E-state index >= 15 is 0 Å². The van der Waals surface area contributed by atoms with Gasteiger partial charge in [-0.3, -0.25) is 0 Å². The molecule has 0 bridgehead atoms. The van der Waals surface area contributed by atoms with Gasteiger partial charge in [-0.2, -0.15) is 0 Å². The lowest BCUT2D eigenvalue weighted by molar-refractivity contribution is 0.439. The zero-order chi connectivity index (χ0) is 41.9. The summed E-state index contributed by atoms with van der Waals surface area (Å²) in [4.78, 5) is 10.2. The molecule has 0 N–H and O–H groups in total. The van der Waals surface area contributed by atoms with Gasteiger partial charge >= 0.3 is 0 Å². The van der Waals surface area contributed by atoms with Gasteiger partial charge in [0.15, 0.2) is 5.82 Å². The monoisotopic (exact) mass is 816 g/mol. The van der Waals surface area contributed by atoms with Crippen LogP contribution in [0.4, 0.5) is 0 Å². The lowest BCUT2D eigenvalue weighted by atomic mass is 9.61. The van der Waals surface area contributed by atoms with Gasteiger partial charge in [-0.05, 0) is 71.8 Å². The van der Waals surface area contributed by atoms with Crippen LogP contribution in [0.2, 0.25) is 0 Å². The summed E-state index contributed by atoms with van der Waals surface area (Å²) in [6.45, 7) is 0. The van der Waals surface area contributed by atoms with Gasteiger partial charge in [-0.15, -0.1) is 0 Å². The molecule has 1 spiro atoms. The number of rotatable bonds is 4. The number of para-hydroxylation sites is 5. The molecule has 5 heterocycles. The topological polar surface area (TPSA) is 44.9 Å². The lowest BCUT2D eigenvalue weighted by Crippen LogP contribution is -2.37. The van der Waals surface area contributed by atoms with Crippen molar-refractivity contribution in [2.75, 3.05) is 0 Å². The van der Waals surface area contributed by atoms with Crippen molar-refractivity contribution >= 4 is 43.6 Å². The quantitative estimate of drug-likeness (QED) is 0.178. The fourth-order valence-electron chi connectivity index (χ4n) is 11.0. The molecule has 0 radical (unpaired) electrons. The third-order valence-electron chi connectivity index (χ3n) is 13.6. The molecular weight excluding hydrogens is 781 g/mol. The van der Waals surface area contributed by atoms with Crippen LogP contribution in [0.5, 0.6) is 11.5 Å². The van der Waals surface area contributed by atoms with E-state index in [-0.39, 0.29) is 0 Å². The van der Waals surface area contributed by atoms with Crippen LogP contribution in [-0.4, -0.2) is 19.1 Å². The lowest BCUT2D eigenvalue weighted by Gasteiger charge is -2.45. The summed E-state index contributed by atoms with van der Waals surface area (Å²) in [6.07, 6.45) is 0. The van der Waals surface area contributed by atoms with Crippen molar-refractivity contribution in [3.63, 3.8) is 0 Å². The van der Waals surface area contributed by atoms with E-state index in [0.717, 1.165) is 78.2 Å². The van der Waals surface area contributed by atoms with Gasteiger partial charge in [0, 0.05) is 49.7 Å². The number of fused-ring (bicyclic) bond motifs is 15. The van der Waals surface area contributed by atoms with E-state index in [1.54, 1.807) is 0 Å². The highest BCUT2D eigenvalue weighted by molar-refractivity contribution is 6.15. The van der Waals surface area contributed by atoms with Gasteiger partial charge in [0.05, 0.1) is 49.9 Å². The fourth-order valence-corrected chi connectivity index (χ4v) is 11.0. The normalized spacial score (nSPS) is 14.8. The number of ether oxygens (including phenoxy) is 1. The highest BCUT2D eigenvalue weighted by Gasteiger charge is 2.50. The highest BCUT2D eigenvalue weighted by Crippen LogP contribution is 2.62. The van der Waals surface area contributed by atoms with Crippen LogP contribution in [0.25, 0.3) is 88.9 Å². The highest BCUT2D eigenvalue weighted by atomic mass is 16.5. The number of hydrogen-bond acceptors (Lipinski definition) is 3. The molecule has 0 amide bonds. The first-order chi connectivity index (χ1) is 31.8. The van der Waals surface area contributed by atoms with Crippen LogP contribution in [0.3, 0.4) is 0 Å². The maximum atomic E-state index is 7.27. The Hall–Kier alpha value is -8.54. The van der Waals surface area contributed by atoms with E-state index in [1.807, 2.05) is 12.1 Å². The minimum atomic E-state index is -0.656. The first-order valence-electron chi connectivity index (χ1n) is 21.8. The summed E-state index contributed by atoms with van der Waals surface area (Å²) in [6, 6.07) is 78.1. The van der Waals surface area contributed by atoms with Crippen LogP contribution in [-0.2, 0) is 5.41 Å². The molecule has 2 aliphatic rings. The smallest absolute Gasteiger partial charge is 0.160 e. The van der Waals surface area contributed by atoms with Gasteiger partial charge in [-0.1, -0.05) is 158 Å². The molecule has 64 heavy (non-hydrogen) atoms.